The number of halogens is 4. The Morgan fingerprint density at radius 3 is 2.24 bits per heavy atom. The van der Waals surface area contributed by atoms with Crippen molar-refractivity contribution < 1.29 is 22.6 Å². The summed E-state index contributed by atoms with van der Waals surface area (Å²) >= 11 is 6.43. The van der Waals surface area contributed by atoms with E-state index in [-0.39, 0.29) is 18.4 Å². The summed E-state index contributed by atoms with van der Waals surface area (Å²) in [5.41, 5.74) is 4.30. The van der Waals surface area contributed by atoms with Gasteiger partial charge in [-0.3, -0.25) is 4.90 Å². The Morgan fingerprint density at radius 1 is 0.822 bits per heavy atom. The van der Waals surface area contributed by atoms with E-state index in [1.165, 1.54) is 6.07 Å². The van der Waals surface area contributed by atoms with Crippen LogP contribution in [0.2, 0.25) is 5.02 Å². The second-order valence-corrected chi connectivity index (χ2v) is 11.5. The molecule has 6 rings (SSSR count). The lowest BCUT2D eigenvalue weighted by Gasteiger charge is -2.25. The topological polar surface area (TPSA) is 39.5 Å². The Morgan fingerprint density at radius 2 is 1.53 bits per heavy atom. The van der Waals surface area contributed by atoms with E-state index in [1.807, 2.05) is 66.7 Å². The second-order valence-electron chi connectivity index (χ2n) is 11.1. The molecule has 0 saturated heterocycles. The lowest BCUT2D eigenvalue weighted by atomic mass is 10.1. The first-order valence-electron chi connectivity index (χ1n) is 15.0. The van der Waals surface area contributed by atoms with Crippen molar-refractivity contribution in [3.05, 3.63) is 124 Å². The first kappa shape index (κ1) is 30.7. The highest BCUT2D eigenvalue weighted by molar-refractivity contribution is 6.32. The lowest BCUT2D eigenvalue weighted by molar-refractivity contribution is -0.137. The third kappa shape index (κ3) is 6.87. The molecule has 0 bridgehead atoms. The fraction of sp³-hybridized carbons (Fsp3) is 0.250. The number of rotatable bonds is 11. The van der Waals surface area contributed by atoms with Crippen molar-refractivity contribution in [3.8, 4) is 34.1 Å². The molecule has 0 saturated carbocycles. The summed E-state index contributed by atoms with van der Waals surface area (Å²) in [6, 6.07) is 29.9. The molecule has 0 atom stereocenters. The number of unbranched alkanes of at least 4 members (excludes halogenated alkanes) is 1. The normalized spacial score (nSPS) is 12.7. The first-order valence-corrected chi connectivity index (χ1v) is 15.4. The third-order valence-electron chi connectivity index (χ3n) is 7.88. The van der Waals surface area contributed by atoms with Gasteiger partial charge in [0, 0.05) is 37.3 Å². The van der Waals surface area contributed by atoms with Gasteiger partial charge in [0.05, 0.1) is 22.0 Å². The van der Waals surface area contributed by atoms with Crippen LogP contribution >= 0.6 is 11.6 Å². The molecule has 1 aliphatic heterocycles. The molecule has 0 spiro atoms. The van der Waals surface area contributed by atoms with Gasteiger partial charge in [-0.15, -0.1) is 0 Å². The van der Waals surface area contributed by atoms with Crippen molar-refractivity contribution in [1.29, 1.82) is 0 Å². The number of nitrogens with zero attached hydrogens (tertiary/aromatic N) is 3. The molecule has 232 valence electrons. The Bertz CT molecular complexity index is 1760. The van der Waals surface area contributed by atoms with Crippen molar-refractivity contribution in [1.82, 2.24) is 14.5 Å². The number of fused-ring (bicyclic) bond motifs is 1. The van der Waals surface area contributed by atoms with Crippen LogP contribution < -0.4 is 9.47 Å². The minimum atomic E-state index is -4.56. The molecule has 0 aliphatic carbocycles. The van der Waals surface area contributed by atoms with Crippen molar-refractivity contribution >= 4 is 11.6 Å². The number of hydrogen-bond acceptors (Lipinski definition) is 4. The van der Waals surface area contributed by atoms with E-state index in [0.717, 1.165) is 59.4 Å². The van der Waals surface area contributed by atoms with Crippen LogP contribution in [0.1, 0.15) is 42.1 Å². The highest BCUT2D eigenvalue weighted by atomic mass is 35.5. The smallest absolute Gasteiger partial charge is 0.417 e. The molecular formula is C36H33ClF3N3O2. The van der Waals surface area contributed by atoms with E-state index in [2.05, 4.69) is 28.5 Å². The van der Waals surface area contributed by atoms with Gasteiger partial charge in [0.2, 0.25) is 6.79 Å². The molecule has 0 radical (unpaired) electrons. The van der Waals surface area contributed by atoms with Crippen LogP contribution in [0.15, 0.2) is 97.1 Å². The molecule has 0 N–H and O–H groups in total. The van der Waals surface area contributed by atoms with Gasteiger partial charge in [0.1, 0.15) is 5.82 Å². The zero-order chi connectivity index (χ0) is 31.4. The fourth-order valence-electron chi connectivity index (χ4n) is 5.68. The molecule has 2 heterocycles. The maximum Gasteiger partial charge on any atom is 0.417 e. The number of alkyl halides is 3. The minimum Gasteiger partial charge on any atom is -0.454 e. The van der Waals surface area contributed by atoms with Crippen LogP contribution in [0, 0.1) is 0 Å². The van der Waals surface area contributed by atoms with E-state index in [1.54, 1.807) is 6.07 Å². The molecule has 4 aromatic carbocycles. The van der Waals surface area contributed by atoms with E-state index in [4.69, 9.17) is 26.1 Å². The summed E-state index contributed by atoms with van der Waals surface area (Å²) in [5, 5.41) is -0.284. The number of hydrogen-bond donors (Lipinski definition) is 0. The minimum absolute atomic E-state index is 0.154. The molecular weight excluding hydrogens is 599 g/mol. The average Bonchev–Trinajstić information content (AvgIpc) is 3.65. The zero-order valence-electron chi connectivity index (χ0n) is 24.9. The number of aromatic nitrogens is 2. The van der Waals surface area contributed by atoms with Gasteiger partial charge < -0.3 is 14.0 Å². The van der Waals surface area contributed by atoms with Crippen LogP contribution in [0.5, 0.6) is 11.5 Å². The Labute approximate surface area is 265 Å². The van der Waals surface area contributed by atoms with Crippen LogP contribution in [-0.2, 0) is 32.4 Å². The van der Waals surface area contributed by atoms with Gasteiger partial charge in [0.15, 0.2) is 11.5 Å². The number of imidazole rings is 1. The predicted molar refractivity (Wildman–Crippen MR) is 170 cm³/mol. The Balaban J connectivity index is 1.46. The molecule has 45 heavy (non-hydrogen) atoms. The molecule has 1 aliphatic rings. The maximum atomic E-state index is 13.8. The number of benzene rings is 4. The van der Waals surface area contributed by atoms with Gasteiger partial charge in [-0.1, -0.05) is 104 Å². The third-order valence-corrected chi connectivity index (χ3v) is 8.33. The highest BCUT2D eigenvalue weighted by Crippen LogP contribution is 2.38. The standard InChI is InChI=1S/C36H33ClF3N3O2/c1-2-3-19-43-30(34(26-11-6-4-7-12-26)41-35(43)27-13-8-5-9-14-27)23-42(21-25-17-18-31-32(20-25)45-24-44-31)22-28-15-10-16-29(33(28)37)36(38,39)40/h4-18,20H,2-3,19,21-24H2,1H3. The van der Waals surface area contributed by atoms with Crippen molar-refractivity contribution in [2.45, 2.75) is 52.1 Å². The highest BCUT2D eigenvalue weighted by Gasteiger charge is 2.34. The summed E-state index contributed by atoms with van der Waals surface area (Å²) in [6.45, 7) is 4.08. The molecule has 5 nitrogen and oxygen atoms in total. The van der Waals surface area contributed by atoms with E-state index in [0.29, 0.717) is 30.2 Å². The maximum absolute atomic E-state index is 13.8. The molecule has 0 amide bonds. The predicted octanol–water partition coefficient (Wildman–Crippen LogP) is 9.62. The summed E-state index contributed by atoms with van der Waals surface area (Å²) < 4.78 is 54.9. The fourth-order valence-corrected chi connectivity index (χ4v) is 5.97. The summed E-state index contributed by atoms with van der Waals surface area (Å²) in [4.78, 5) is 7.32. The Hall–Kier alpha value is -4.27. The van der Waals surface area contributed by atoms with Crippen molar-refractivity contribution in [2.24, 2.45) is 0 Å². The van der Waals surface area contributed by atoms with Crippen LogP contribution in [-0.4, -0.2) is 21.2 Å². The molecule has 1 aromatic heterocycles. The van der Waals surface area contributed by atoms with E-state index >= 15 is 0 Å². The van der Waals surface area contributed by atoms with Gasteiger partial charge in [0.25, 0.3) is 0 Å². The molecule has 9 heteroatoms. The first-order chi connectivity index (χ1) is 21.8. The SMILES string of the molecule is CCCCn1c(-c2ccccc2)nc(-c2ccccc2)c1CN(Cc1ccc2c(c1)OCO2)Cc1cccc(C(F)(F)F)c1Cl. The van der Waals surface area contributed by atoms with Crippen LogP contribution in [0.3, 0.4) is 0 Å². The lowest BCUT2D eigenvalue weighted by Crippen LogP contribution is -2.25. The quantitative estimate of drug-likeness (QED) is 0.146. The van der Waals surface area contributed by atoms with Gasteiger partial charge in [-0.2, -0.15) is 13.2 Å². The van der Waals surface area contributed by atoms with E-state index < -0.39 is 11.7 Å². The zero-order valence-corrected chi connectivity index (χ0v) is 25.6. The van der Waals surface area contributed by atoms with Crippen molar-refractivity contribution in [3.63, 3.8) is 0 Å². The second kappa shape index (κ2) is 13.4. The molecule has 5 aromatic rings. The Kier molecular flexibility index (Phi) is 9.14. The van der Waals surface area contributed by atoms with Crippen LogP contribution in [0.25, 0.3) is 22.6 Å². The van der Waals surface area contributed by atoms with Gasteiger partial charge >= 0.3 is 6.18 Å². The van der Waals surface area contributed by atoms with E-state index in [9.17, 15) is 13.2 Å². The largest absolute Gasteiger partial charge is 0.454 e. The monoisotopic (exact) mass is 631 g/mol. The average molecular weight is 632 g/mol. The summed E-state index contributed by atoms with van der Waals surface area (Å²) in [5.74, 6) is 2.18. The summed E-state index contributed by atoms with van der Waals surface area (Å²) in [6.07, 6.45) is -2.62. The van der Waals surface area contributed by atoms with Crippen molar-refractivity contribution in [2.75, 3.05) is 6.79 Å². The molecule has 0 unspecified atom stereocenters. The molecule has 0 fully saturated rings. The van der Waals surface area contributed by atoms with Crippen LogP contribution in [0.4, 0.5) is 13.2 Å². The summed E-state index contributed by atoms with van der Waals surface area (Å²) in [7, 11) is 0. The van der Waals surface area contributed by atoms with Gasteiger partial charge in [-0.05, 0) is 35.7 Å². The van der Waals surface area contributed by atoms with Gasteiger partial charge in [-0.25, -0.2) is 4.98 Å². The number of ether oxygens (including phenoxy) is 2.